The van der Waals surface area contributed by atoms with Crippen molar-refractivity contribution in [3.05, 3.63) is 29.8 Å². The van der Waals surface area contributed by atoms with Crippen molar-refractivity contribution in [3.63, 3.8) is 0 Å². The van der Waals surface area contributed by atoms with E-state index in [-0.39, 0.29) is 18.6 Å². The van der Waals surface area contributed by atoms with Crippen LogP contribution >= 0.6 is 0 Å². The largest absolute Gasteiger partial charge is 0.481 e. The standard InChI is InChI=1S/C15H23NO4/c1-11-5-4-6-14(9-11)20-12(2)15(18)16-13(7-8-17)10-19-3/h4-6,9,12-13,17H,7-8,10H2,1-3H3,(H,16,18). The Morgan fingerprint density at radius 1 is 1.45 bits per heavy atom. The van der Waals surface area contributed by atoms with Crippen LogP contribution in [0.4, 0.5) is 0 Å². The van der Waals surface area contributed by atoms with Crippen LogP contribution in [0.1, 0.15) is 18.9 Å². The number of rotatable bonds is 8. The average Bonchev–Trinajstić information content (AvgIpc) is 2.39. The highest BCUT2D eigenvalue weighted by molar-refractivity contribution is 5.81. The second-order valence-electron chi connectivity index (χ2n) is 4.75. The van der Waals surface area contributed by atoms with Crippen LogP contribution in [0.5, 0.6) is 5.75 Å². The molecule has 0 aliphatic carbocycles. The number of methoxy groups -OCH3 is 1. The zero-order chi connectivity index (χ0) is 15.0. The number of nitrogens with one attached hydrogen (secondary N) is 1. The lowest BCUT2D eigenvalue weighted by Gasteiger charge is -2.20. The van der Waals surface area contributed by atoms with E-state index < -0.39 is 6.10 Å². The summed E-state index contributed by atoms with van der Waals surface area (Å²) in [5.41, 5.74) is 1.08. The minimum Gasteiger partial charge on any atom is -0.481 e. The van der Waals surface area contributed by atoms with E-state index in [1.807, 2.05) is 31.2 Å². The maximum atomic E-state index is 12.0. The summed E-state index contributed by atoms with van der Waals surface area (Å²) in [7, 11) is 1.56. The lowest BCUT2D eigenvalue weighted by molar-refractivity contribution is -0.128. The maximum Gasteiger partial charge on any atom is 0.261 e. The van der Waals surface area contributed by atoms with Crippen molar-refractivity contribution in [3.8, 4) is 5.75 Å². The van der Waals surface area contributed by atoms with Gasteiger partial charge in [0.2, 0.25) is 0 Å². The average molecular weight is 281 g/mol. The van der Waals surface area contributed by atoms with Gasteiger partial charge in [0.1, 0.15) is 5.75 Å². The molecule has 20 heavy (non-hydrogen) atoms. The first-order chi connectivity index (χ1) is 9.56. The molecule has 0 bridgehead atoms. The fraction of sp³-hybridized carbons (Fsp3) is 0.533. The Morgan fingerprint density at radius 3 is 2.80 bits per heavy atom. The first-order valence-electron chi connectivity index (χ1n) is 6.70. The Labute approximate surface area is 119 Å². The third kappa shape index (κ3) is 5.59. The quantitative estimate of drug-likeness (QED) is 0.753. The Hall–Kier alpha value is -1.59. The van der Waals surface area contributed by atoms with Crippen LogP contribution < -0.4 is 10.1 Å². The van der Waals surface area contributed by atoms with Crippen molar-refractivity contribution in [2.24, 2.45) is 0 Å². The summed E-state index contributed by atoms with van der Waals surface area (Å²) in [5, 5.41) is 11.7. The molecule has 112 valence electrons. The van der Waals surface area contributed by atoms with Crippen LogP contribution in [-0.2, 0) is 9.53 Å². The maximum absolute atomic E-state index is 12.0. The number of aryl methyl sites for hydroxylation is 1. The molecular weight excluding hydrogens is 258 g/mol. The second-order valence-corrected chi connectivity index (χ2v) is 4.75. The molecule has 0 aromatic heterocycles. The Morgan fingerprint density at radius 2 is 2.20 bits per heavy atom. The van der Waals surface area contributed by atoms with E-state index in [1.54, 1.807) is 14.0 Å². The normalized spacial score (nSPS) is 13.6. The first-order valence-corrected chi connectivity index (χ1v) is 6.70. The Bertz CT molecular complexity index is 416. The summed E-state index contributed by atoms with van der Waals surface area (Å²) in [5.74, 6) is 0.445. The molecule has 0 spiro atoms. The van der Waals surface area contributed by atoms with E-state index in [0.717, 1.165) is 5.56 Å². The summed E-state index contributed by atoms with van der Waals surface area (Å²) in [4.78, 5) is 12.0. The fourth-order valence-electron chi connectivity index (χ4n) is 1.82. The molecule has 1 amide bonds. The highest BCUT2D eigenvalue weighted by atomic mass is 16.5. The van der Waals surface area contributed by atoms with E-state index in [2.05, 4.69) is 5.32 Å². The molecule has 2 N–H and O–H groups in total. The fourth-order valence-corrected chi connectivity index (χ4v) is 1.82. The van der Waals surface area contributed by atoms with Crippen molar-refractivity contribution in [2.45, 2.75) is 32.4 Å². The van der Waals surface area contributed by atoms with Crippen LogP contribution in [0.3, 0.4) is 0 Å². The van der Waals surface area contributed by atoms with Gasteiger partial charge in [-0.3, -0.25) is 4.79 Å². The number of aliphatic hydroxyl groups excluding tert-OH is 1. The molecule has 0 fully saturated rings. The third-order valence-corrected chi connectivity index (χ3v) is 2.86. The molecule has 2 atom stereocenters. The minimum atomic E-state index is -0.602. The van der Waals surface area contributed by atoms with Gasteiger partial charge in [-0.05, 0) is 38.0 Å². The molecule has 1 rings (SSSR count). The predicted molar refractivity (Wildman–Crippen MR) is 76.8 cm³/mol. The highest BCUT2D eigenvalue weighted by Crippen LogP contribution is 2.14. The number of ether oxygens (including phenoxy) is 2. The zero-order valence-electron chi connectivity index (χ0n) is 12.3. The van der Waals surface area contributed by atoms with Crippen molar-refractivity contribution in [2.75, 3.05) is 20.3 Å². The van der Waals surface area contributed by atoms with Crippen LogP contribution in [0.25, 0.3) is 0 Å². The molecule has 2 unspecified atom stereocenters. The molecule has 0 saturated carbocycles. The first kappa shape index (κ1) is 16.5. The molecule has 5 heteroatoms. The second kappa shape index (κ2) is 8.55. The molecule has 0 saturated heterocycles. The molecule has 0 aliphatic rings. The predicted octanol–water partition coefficient (Wildman–Crippen LogP) is 1.28. The minimum absolute atomic E-state index is 0.00141. The Kier molecular flexibility index (Phi) is 7.04. The third-order valence-electron chi connectivity index (χ3n) is 2.86. The van der Waals surface area contributed by atoms with E-state index in [0.29, 0.717) is 18.8 Å². The van der Waals surface area contributed by atoms with Gasteiger partial charge in [-0.15, -0.1) is 0 Å². The summed E-state index contributed by atoms with van der Waals surface area (Å²) < 4.78 is 10.6. The SMILES string of the molecule is COCC(CCO)NC(=O)C(C)Oc1cccc(C)c1. The van der Waals surface area contributed by atoms with Gasteiger partial charge in [-0.2, -0.15) is 0 Å². The summed E-state index contributed by atoms with van der Waals surface area (Å²) in [6.07, 6.45) is -0.147. The molecule has 1 aromatic carbocycles. The van der Waals surface area contributed by atoms with Crippen molar-refractivity contribution in [1.82, 2.24) is 5.32 Å². The van der Waals surface area contributed by atoms with Crippen molar-refractivity contribution in [1.29, 1.82) is 0 Å². The molecule has 1 aromatic rings. The number of hydrogen-bond donors (Lipinski definition) is 2. The van der Waals surface area contributed by atoms with Gasteiger partial charge in [0, 0.05) is 13.7 Å². The lowest BCUT2D eigenvalue weighted by Crippen LogP contribution is -2.44. The van der Waals surface area contributed by atoms with E-state index in [9.17, 15) is 4.79 Å². The zero-order valence-corrected chi connectivity index (χ0v) is 12.3. The number of amides is 1. The van der Waals surface area contributed by atoms with Crippen LogP contribution in [0.15, 0.2) is 24.3 Å². The summed E-state index contributed by atoms with van der Waals surface area (Å²) >= 11 is 0. The van der Waals surface area contributed by atoms with E-state index in [4.69, 9.17) is 14.6 Å². The van der Waals surface area contributed by atoms with Crippen LogP contribution in [0.2, 0.25) is 0 Å². The number of carbonyl (C=O) groups is 1. The van der Waals surface area contributed by atoms with E-state index >= 15 is 0 Å². The van der Waals surface area contributed by atoms with Crippen molar-refractivity contribution >= 4 is 5.91 Å². The van der Waals surface area contributed by atoms with Gasteiger partial charge >= 0.3 is 0 Å². The van der Waals surface area contributed by atoms with Gasteiger partial charge < -0.3 is 19.9 Å². The van der Waals surface area contributed by atoms with E-state index in [1.165, 1.54) is 0 Å². The highest BCUT2D eigenvalue weighted by Gasteiger charge is 2.18. The van der Waals surface area contributed by atoms with Crippen molar-refractivity contribution < 1.29 is 19.4 Å². The van der Waals surface area contributed by atoms with Gasteiger partial charge in [0.15, 0.2) is 6.10 Å². The van der Waals surface area contributed by atoms with Gasteiger partial charge in [0.05, 0.1) is 12.6 Å². The van der Waals surface area contributed by atoms with Gasteiger partial charge in [0.25, 0.3) is 5.91 Å². The Balaban J connectivity index is 2.53. The molecule has 0 aliphatic heterocycles. The summed E-state index contributed by atoms with van der Waals surface area (Å²) in [6.45, 7) is 4.03. The molecule has 0 radical (unpaired) electrons. The molecule has 5 nitrogen and oxygen atoms in total. The van der Waals surface area contributed by atoms with Crippen LogP contribution in [0, 0.1) is 6.92 Å². The smallest absolute Gasteiger partial charge is 0.261 e. The number of aliphatic hydroxyl groups is 1. The number of carbonyl (C=O) groups excluding carboxylic acids is 1. The van der Waals surface area contributed by atoms with Gasteiger partial charge in [-0.1, -0.05) is 12.1 Å². The summed E-state index contributed by atoms with van der Waals surface area (Å²) in [6, 6.07) is 7.34. The number of benzene rings is 1. The van der Waals surface area contributed by atoms with Gasteiger partial charge in [-0.25, -0.2) is 0 Å². The lowest BCUT2D eigenvalue weighted by atomic mass is 10.2. The molecular formula is C15H23NO4. The monoisotopic (exact) mass is 281 g/mol. The number of hydrogen-bond acceptors (Lipinski definition) is 4. The van der Waals surface area contributed by atoms with Crippen LogP contribution in [-0.4, -0.2) is 43.5 Å². The molecule has 0 heterocycles. The topological polar surface area (TPSA) is 67.8 Å².